The average molecular weight is 364 g/mol. The Morgan fingerprint density at radius 2 is 1.81 bits per heavy atom. The SMILES string of the molecule is O=C(COc1ccccc1)N1CC[C@H](Nc2ccccc2C(F)(F)F)C1. The molecule has 2 aromatic rings. The van der Waals surface area contributed by atoms with E-state index in [-0.39, 0.29) is 24.2 Å². The van der Waals surface area contributed by atoms with E-state index in [1.165, 1.54) is 12.1 Å². The smallest absolute Gasteiger partial charge is 0.418 e. The average Bonchev–Trinajstić information content (AvgIpc) is 3.09. The van der Waals surface area contributed by atoms with Gasteiger partial charge in [-0.2, -0.15) is 13.2 Å². The van der Waals surface area contributed by atoms with Crippen LogP contribution in [0.15, 0.2) is 54.6 Å². The van der Waals surface area contributed by atoms with Gasteiger partial charge in [0.2, 0.25) is 0 Å². The third-order valence-corrected chi connectivity index (χ3v) is 4.24. The molecule has 0 aliphatic carbocycles. The lowest BCUT2D eigenvalue weighted by Crippen LogP contribution is -2.35. The molecule has 7 heteroatoms. The van der Waals surface area contributed by atoms with Crippen molar-refractivity contribution in [2.45, 2.75) is 18.6 Å². The molecule has 1 aliphatic rings. The summed E-state index contributed by atoms with van der Waals surface area (Å²) in [5, 5.41) is 2.92. The Bertz CT molecular complexity index is 750. The van der Waals surface area contributed by atoms with Crippen molar-refractivity contribution in [1.82, 2.24) is 4.90 Å². The fourth-order valence-electron chi connectivity index (χ4n) is 2.93. The standard InChI is InChI=1S/C19H19F3N2O2/c20-19(21,22)16-8-4-5-9-17(16)23-14-10-11-24(12-14)18(25)13-26-15-6-2-1-3-7-15/h1-9,14,23H,10-13H2/t14-/m0/s1. The van der Waals surface area contributed by atoms with E-state index in [9.17, 15) is 18.0 Å². The Labute approximate surface area is 149 Å². The predicted molar refractivity (Wildman–Crippen MR) is 92.0 cm³/mol. The lowest BCUT2D eigenvalue weighted by molar-refractivity contribution is -0.137. The summed E-state index contributed by atoms with van der Waals surface area (Å²) >= 11 is 0. The minimum Gasteiger partial charge on any atom is -0.484 e. The minimum atomic E-state index is -4.42. The predicted octanol–water partition coefficient (Wildman–Crippen LogP) is 3.80. The van der Waals surface area contributed by atoms with Gasteiger partial charge in [-0.15, -0.1) is 0 Å². The molecule has 1 fully saturated rings. The van der Waals surface area contributed by atoms with Gasteiger partial charge in [0.15, 0.2) is 6.61 Å². The van der Waals surface area contributed by atoms with Crippen LogP contribution in [0.1, 0.15) is 12.0 Å². The van der Waals surface area contributed by atoms with Gasteiger partial charge < -0.3 is 15.0 Å². The highest BCUT2D eigenvalue weighted by Crippen LogP contribution is 2.35. The molecule has 4 nitrogen and oxygen atoms in total. The van der Waals surface area contributed by atoms with Crippen LogP contribution < -0.4 is 10.1 Å². The van der Waals surface area contributed by atoms with Gasteiger partial charge in [-0.05, 0) is 30.7 Å². The number of nitrogens with one attached hydrogen (secondary N) is 1. The zero-order valence-corrected chi connectivity index (χ0v) is 14.0. The van der Waals surface area contributed by atoms with Crippen molar-refractivity contribution < 1.29 is 22.7 Å². The molecule has 0 aromatic heterocycles. The second kappa shape index (κ2) is 7.68. The highest BCUT2D eigenvalue weighted by molar-refractivity contribution is 5.78. The maximum atomic E-state index is 13.1. The summed E-state index contributed by atoms with van der Waals surface area (Å²) < 4.78 is 44.6. The molecule has 1 amide bonds. The van der Waals surface area contributed by atoms with Crippen LogP contribution in [0.2, 0.25) is 0 Å². The number of ether oxygens (including phenoxy) is 1. The molecule has 1 N–H and O–H groups in total. The molecule has 0 radical (unpaired) electrons. The lowest BCUT2D eigenvalue weighted by atomic mass is 10.1. The van der Waals surface area contributed by atoms with Crippen LogP contribution in [-0.2, 0) is 11.0 Å². The number of alkyl halides is 3. The van der Waals surface area contributed by atoms with Gasteiger partial charge in [-0.3, -0.25) is 4.79 Å². The van der Waals surface area contributed by atoms with Crippen LogP contribution in [0, 0.1) is 0 Å². The van der Waals surface area contributed by atoms with Gasteiger partial charge in [-0.1, -0.05) is 30.3 Å². The van der Waals surface area contributed by atoms with Gasteiger partial charge in [0.25, 0.3) is 5.91 Å². The van der Waals surface area contributed by atoms with E-state index >= 15 is 0 Å². The van der Waals surface area contributed by atoms with Gasteiger partial charge in [-0.25, -0.2) is 0 Å². The number of anilines is 1. The van der Waals surface area contributed by atoms with Crippen molar-refractivity contribution in [2.75, 3.05) is 25.0 Å². The monoisotopic (exact) mass is 364 g/mol. The normalized spacial score (nSPS) is 17.2. The zero-order valence-electron chi connectivity index (χ0n) is 14.0. The Kier molecular flexibility index (Phi) is 5.35. The number of likely N-dealkylation sites (tertiary alicyclic amines) is 1. The van der Waals surface area contributed by atoms with Crippen molar-refractivity contribution in [2.24, 2.45) is 0 Å². The van der Waals surface area contributed by atoms with E-state index in [1.807, 2.05) is 18.2 Å². The second-order valence-corrected chi connectivity index (χ2v) is 6.11. The molecule has 1 aliphatic heterocycles. The first-order valence-corrected chi connectivity index (χ1v) is 8.32. The maximum absolute atomic E-state index is 13.1. The first-order chi connectivity index (χ1) is 12.4. The molecule has 1 saturated heterocycles. The van der Waals surface area contributed by atoms with Crippen molar-refractivity contribution in [3.8, 4) is 5.75 Å². The summed E-state index contributed by atoms with van der Waals surface area (Å²) in [5.41, 5.74) is -0.656. The van der Waals surface area contributed by atoms with E-state index in [4.69, 9.17) is 4.74 Å². The molecule has 0 saturated carbocycles. The van der Waals surface area contributed by atoms with Crippen LogP contribution in [-0.4, -0.2) is 36.5 Å². The lowest BCUT2D eigenvalue weighted by Gasteiger charge is -2.20. The maximum Gasteiger partial charge on any atom is 0.418 e. The first kappa shape index (κ1) is 18.1. The van der Waals surface area contributed by atoms with Gasteiger partial charge >= 0.3 is 6.18 Å². The number of amides is 1. The van der Waals surface area contributed by atoms with Crippen molar-refractivity contribution in [3.63, 3.8) is 0 Å². The summed E-state index contributed by atoms with van der Waals surface area (Å²) in [6.07, 6.45) is -3.83. The highest BCUT2D eigenvalue weighted by Gasteiger charge is 2.34. The zero-order chi connectivity index (χ0) is 18.6. The van der Waals surface area contributed by atoms with Gasteiger partial charge in [0, 0.05) is 24.8 Å². The molecule has 26 heavy (non-hydrogen) atoms. The molecule has 3 rings (SSSR count). The molecule has 1 heterocycles. The number of halogens is 3. The molecule has 0 unspecified atom stereocenters. The Morgan fingerprint density at radius 3 is 2.54 bits per heavy atom. The number of hydrogen-bond acceptors (Lipinski definition) is 3. The van der Waals surface area contributed by atoms with Gasteiger partial charge in [0.1, 0.15) is 5.75 Å². The summed E-state index contributed by atoms with van der Waals surface area (Å²) in [7, 11) is 0. The number of rotatable bonds is 5. The van der Waals surface area contributed by atoms with Crippen LogP contribution in [0.5, 0.6) is 5.75 Å². The summed E-state index contributed by atoms with van der Waals surface area (Å²) in [6, 6.07) is 14.2. The van der Waals surface area contributed by atoms with Crippen molar-refractivity contribution in [1.29, 1.82) is 0 Å². The van der Waals surface area contributed by atoms with Crippen LogP contribution in [0.25, 0.3) is 0 Å². The highest BCUT2D eigenvalue weighted by atomic mass is 19.4. The number of benzene rings is 2. The Morgan fingerprint density at radius 1 is 1.12 bits per heavy atom. The fourth-order valence-corrected chi connectivity index (χ4v) is 2.93. The van der Waals surface area contributed by atoms with Gasteiger partial charge in [0.05, 0.1) is 5.56 Å². The number of nitrogens with zero attached hydrogens (tertiary/aromatic N) is 1. The summed E-state index contributed by atoms with van der Waals surface area (Å²) in [4.78, 5) is 13.8. The Hall–Kier alpha value is -2.70. The number of carbonyl (C=O) groups is 1. The number of para-hydroxylation sites is 2. The van der Waals surface area contributed by atoms with E-state index in [2.05, 4.69) is 5.32 Å². The van der Waals surface area contributed by atoms with Crippen LogP contribution in [0.4, 0.5) is 18.9 Å². The molecule has 0 bridgehead atoms. The largest absolute Gasteiger partial charge is 0.484 e. The van der Waals surface area contributed by atoms with Crippen molar-refractivity contribution >= 4 is 11.6 Å². The topological polar surface area (TPSA) is 41.6 Å². The molecular weight excluding hydrogens is 345 g/mol. The molecule has 138 valence electrons. The molecule has 2 aromatic carbocycles. The fraction of sp³-hybridized carbons (Fsp3) is 0.316. The van der Waals surface area contributed by atoms with Crippen LogP contribution >= 0.6 is 0 Å². The van der Waals surface area contributed by atoms with E-state index in [1.54, 1.807) is 23.1 Å². The third kappa shape index (κ3) is 4.47. The van der Waals surface area contributed by atoms with E-state index in [0.29, 0.717) is 25.3 Å². The van der Waals surface area contributed by atoms with E-state index in [0.717, 1.165) is 6.07 Å². The second-order valence-electron chi connectivity index (χ2n) is 6.11. The number of carbonyl (C=O) groups excluding carboxylic acids is 1. The molecular formula is C19H19F3N2O2. The third-order valence-electron chi connectivity index (χ3n) is 4.24. The molecule has 1 atom stereocenters. The number of hydrogen-bond donors (Lipinski definition) is 1. The molecule has 0 spiro atoms. The summed E-state index contributed by atoms with van der Waals surface area (Å²) in [5.74, 6) is 0.427. The Balaban J connectivity index is 1.55. The van der Waals surface area contributed by atoms with Crippen molar-refractivity contribution in [3.05, 3.63) is 60.2 Å². The first-order valence-electron chi connectivity index (χ1n) is 8.32. The summed E-state index contributed by atoms with van der Waals surface area (Å²) in [6.45, 7) is 0.752. The quantitative estimate of drug-likeness (QED) is 0.878. The van der Waals surface area contributed by atoms with Crippen LogP contribution in [0.3, 0.4) is 0 Å². The van der Waals surface area contributed by atoms with E-state index < -0.39 is 11.7 Å². The minimum absolute atomic E-state index is 0.0415.